The first-order valence-electron chi connectivity index (χ1n) is 19.8. The summed E-state index contributed by atoms with van der Waals surface area (Å²) in [6.45, 7) is 4.77. The maximum absolute atomic E-state index is 13.9. The van der Waals surface area contributed by atoms with Crippen LogP contribution in [-0.4, -0.2) is 86.6 Å². The summed E-state index contributed by atoms with van der Waals surface area (Å²) in [5.41, 5.74) is 6.35. The minimum absolute atomic E-state index is 0.0186. The lowest BCUT2D eigenvalue weighted by molar-refractivity contribution is -0.189. The lowest BCUT2D eigenvalue weighted by atomic mass is 9.85. The molecule has 0 saturated heterocycles. The zero-order valence-electron chi connectivity index (χ0n) is 33.0. The summed E-state index contributed by atoms with van der Waals surface area (Å²) in [5, 5.41) is 4.05. The molecular formula is C42H50N4O10S2. The van der Waals surface area contributed by atoms with E-state index < -0.39 is 35.9 Å². The van der Waals surface area contributed by atoms with Gasteiger partial charge in [0.25, 0.3) is 5.56 Å². The number of hydrogen-bond acceptors (Lipinski definition) is 13. The second kappa shape index (κ2) is 19.0. The van der Waals surface area contributed by atoms with Crippen LogP contribution < -0.4 is 16.6 Å². The molecule has 14 nitrogen and oxygen atoms in total. The molecular weight excluding hydrogens is 785 g/mol. The minimum atomic E-state index is -1.94. The number of hydrogen-bond donors (Lipinski definition) is 2. The molecule has 3 aromatic rings. The Kier molecular flexibility index (Phi) is 14.1. The number of thioether (sulfide) groups is 2. The highest BCUT2D eigenvalue weighted by Gasteiger charge is 2.50. The Morgan fingerprint density at radius 2 is 1.72 bits per heavy atom. The molecule has 4 unspecified atom stereocenters. The van der Waals surface area contributed by atoms with Gasteiger partial charge in [-0.3, -0.25) is 28.8 Å². The van der Waals surface area contributed by atoms with Crippen LogP contribution in [0.15, 0.2) is 41.2 Å². The van der Waals surface area contributed by atoms with E-state index in [9.17, 15) is 33.6 Å². The van der Waals surface area contributed by atoms with Gasteiger partial charge in [0.05, 0.1) is 48.1 Å². The molecule has 1 fully saturated rings. The van der Waals surface area contributed by atoms with Crippen molar-refractivity contribution in [2.75, 3.05) is 31.3 Å². The van der Waals surface area contributed by atoms with Gasteiger partial charge >= 0.3 is 11.9 Å². The highest BCUT2D eigenvalue weighted by Crippen LogP contribution is 2.43. The summed E-state index contributed by atoms with van der Waals surface area (Å²) in [4.78, 5) is 95.6. The van der Waals surface area contributed by atoms with Crippen molar-refractivity contribution in [1.82, 2.24) is 14.9 Å². The molecule has 0 radical (unpaired) electrons. The lowest BCUT2D eigenvalue weighted by Crippen LogP contribution is -2.49. The third kappa shape index (κ3) is 9.50. The number of para-hydroxylation sites is 1. The van der Waals surface area contributed by atoms with Crippen LogP contribution in [0.25, 0.3) is 22.3 Å². The number of esters is 2. The third-order valence-corrected chi connectivity index (χ3v) is 14.5. The molecule has 1 aromatic carbocycles. The largest absolute Gasteiger partial charge is 0.457 e. The molecule has 1 saturated carbocycles. The van der Waals surface area contributed by atoms with E-state index in [-0.39, 0.29) is 103 Å². The Bertz CT molecular complexity index is 2160. The van der Waals surface area contributed by atoms with E-state index >= 15 is 0 Å². The number of benzene rings is 1. The molecule has 2 aliphatic heterocycles. The molecule has 3 aliphatic rings. The van der Waals surface area contributed by atoms with Crippen molar-refractivity contribution in [2.24, 2.45) is 17.6 Å². The normalized spacial score (nSPS) is 20.2. The van der Waals surface area contributed by atoms with Gasteiger partial charge in [-0.1, -0.05) is 32.0 Å². The van der Waals surface area contributed by atoms with Crippen molar-refractivity contribution in [3.8, 4) is 11.4 Å². The van der Waals surface area contributed by atoms with Gasteiger partial charge in [0.1, 0.15) is 24.7 Å². The van der Waals surface area contributed by atoms with Crippen LogP contribution in [0.1, 0.15) is 82.4 Å². The standard InChI is InChI=1S/C42H50N4O10S2/c1-4-25(38(43)50)22-57-34-10-11-35(34)58-23-28(17-29(48)13-15-54-14-12-24(3)47)39(51)44-19-36(49)56-42(5-2)31-18-33-37-27(16-26-8-6-7-9-32(26)45-37)20-46(33)40(52)30(31)21-55-41(42)53/h6-9,16,18,25,28,34-35H,4-5,10-15,17,19-23H2,1-3H3,(H2,43,50)(H,44,51)/t25?,28?,34?,35?,42-/m0/s1. The summed E-state index contributed by atoms with van der Waals surface area (Å²) in [5.74, 6) is -2.87. The van der Waals surface area contributed by atoms with Gasteiger partial charge < -0.3 is 29.8 Å². The smallest absolute Gasteiger partial charge is 0.355 e. The van der Waals surface area contributed by atoms with Crippen LogP contribution >= 0.6 is 23.5 Å². The van der Waals surface area contributed by atoms with Crippen LogP contribution in [0.2, 0.25) is 0 Å². The summed E-state index contributed by atoms with van der Waals surface area (Å²) >= 11 is 3.29. The van der Waals surface area contributed by atoms with Gasteiger partial charge in [-0.05, 0) is 50.8 Å². The molecule has 16 heteroatoms. The van der Waals surface area contributed by atoms with Crippen molar-refractivity contribution in [3.63, 3.8) is 0 Å². The quantitative estimate of drug-likeness (QED) is 0.0894. The fourth-order valence-electron chi connectivity index (χ4n) is 7.43. The fourth-order valence-corrected chi connectivity index (χ4v) is 10.8. The van der Waals surface area contributed by atoms with Crippen molar-refractivity contribution < 1.29 is 43.0 Å². The summed E-state index contributed by atoms with van der Waals surface area (Å²) in [7, 11) is 0. The zero-order chi connectivity index (χ0) is 41.6. The number of primary amides is 1. The van der Waals surface area contributed by atoms with Gasteiger partial charge in [0.2, 0.25) is 17.4 Å². The number of cyclic esters (lactones) is 1. The monoisotopic (exact) mass is 834 g/mol. The second-order valence-electron chi connectivity index (χ2n) is 15.0. The number of aromatic nitrogens is 2. The number of Topliss-reactive ketones (excluding diaryl/α,β-unsaturated/α-hetero) is 2. The number of carbonyl (C=O) groups excluding carboxylic acids is 6. The molecule has 58 heavy (non-hydrogen) atoms. The van der Waals surface area contributed by atoms with E-state index in [1.54, 1.807) is 41.1 Å². The van der Waals surface area contributed by atoms with Crippen LogP contribution in [0.3, 0.4) is 0 Å². The maximum atomic E-state index is 13.9. The van der Waals surface area contributed by atoms with Crippen LogP contribution in [0.5, 0.6) is 0 Å². The number of fused-ring (bicyclic) bond motifs is 5. The van der Waals surface area contributed by atoms with E-state index in [2.05, 4.69) is 5.32 Å². The van der Waals surface area contributed by atoms with Crippen LogP contribution in [0, 0.1) is 11.8 Å². The van der Waals surface area contributed by atoms with E-state index in [0.717, 1.165) is 29.3 Å². The average Bonchev–Trinajstić information content (AvgIpc) is 3.55. The SMILES string of the molecule is CCC(CSC1CCC1SCC(CC(=O)CCOCCC(C)=O)C(=O)NCC(=O)O[C@]1(CC)C(=O)OCc2c1cc1n(c2=O)Cc2cc3ccccc3nc2-1)C(N)=O. The molecule has 0 spiro atoms. The highest BCUT2D eigenvalue weighted by molar-refractivity contribution is 8.04. The van der Waals surface area contributed by atoms with E-state index in [1.165, 1.54) is 6.92 Å². The molecule has 4 heterocycles. The molecule has 1 aliphatic carbocycles. The topological polar surface area (TPSA) is 203 Å². The minimum Gasteiger partial charge on any atom is -0.457 e. The van der Waals surface area contributed by atoms with Gasteiger partial charge in [-0.2, -0.15) is 23.5 Å². The number of rotatable bonds is 21. The zero-order valence-corrected chi connectivity index (χ0v) is 34.7. The number of ketones is 2. The molecule has 2 amide bonds. The molecule has 5 atom stereocenters. The predicted molar refractivity (Wildman–Crippen MR) is 220 cm³/mol. The number of amides is 2. The third-order valence-electron chi connectivity index (χ3n) is 11.1. The van der Waals surface area contributed by atoms with E-state index in [4.69, 9.17) is 24.9 Å². The molecule has 0 bridgehead atoms. The second-order valence-corrected chi connectivity index (χ2v) is 17.6. The summed E-state index contributed by atoms with van der Waals surface area (Å²) in [6, 6.07) is 11.3. The maximum Gasteiger partial charge on any atom is 0.355 e. The van der Waals surface area contributed by atoms with Crippen molar-refractivity contribution in [1.29, 1.82) is 0 Å². The van der Waals surface area contributed by atoms with Crippen molar-refractivity contribution >= 4 is 69.7 Å². The van der Waals surface area contributed by atoms with E-state index in [0.29, 0.717) is 29.3 Å². The Balaban J connectivity index is 1.14. The summed E-state index contributed by atoms with van der Waals surface area (Å²) < 4.78 is 18.4. The molecule has 310 valence electrons. The first kappa shape index (κ1) is 43.0. The van der Waals surface area contributed by atoms with Crippen molar-refractivity contribution in [3.05, 3.63) is 63.4 Å². The van der Waals surface area contributed by atoms with Crippen LogP contribution in [-0.2, 0) is 61.7 Å². The predicted octanol–water partition coefficient (Wildman–Crippen LogP) is 4.22. The first-order chi connectivity index (χ1) is 27.8. The van der Waals surface area contributed by atoms with E-state index in [1.807, 2.05) is 37.3 Å². The molecule has 2 aromatic heterocycles. The van der Waals surface area contributed by atoms with Crippen LogP contribution in [0.4, 0.5) is 0 Å². The molecule has 6 rings (SSSR count). The first-order valence-corrected chi connectivity index (χ1v) is 21.9. The van der Waals surface area contributed by atoms with Gasteiger partial charge in [0.15, 0.2) is 0 Å². The Hall–Kier alpha value is -4.54. The lowest BCUT2D eigenvalue weighted by Gasteiger charge is -2.37. The van der Waals surface area contributed by atoms with Crippen molar-refractivity contribution in [2.45, 2.75) is 95.0 Å². The highest BCUT2D eigenvalue weighted by atomic mass is 32.2. The number of ether oxygens (including phenoxy) is 3. The fraction of sp³-hybridized carbons (Fsp3) is 0.524. The Morgan fingerprint density at radius 3 is 2.40 bits per heavy atom. The Morgan fingerprint density at radius 1 is 1.02 bits per heavy atom. The number of nitrogens with zero attached hydrogens (tertiary/aromatic N) is 2. The molecule has 3 N–H and O–H groups in total. The summed E-state index contributed by atoms with van der Waals surface area (Å²) in [6.07, 6.45) is 2.73. The van der Waals surface area contributed by atoms with Gasteiger partial charge in [-0.15, -0.1) is 0 Å². The van der Waals surface area contributed by atoms with Gasteiger partial charge in [0, 0.05) is 63.7 Å². The Labute approximate surface area is 345 Å². The number of nitrogens with two attached hydrogens (primary N) is 1. The van der Waals surface area contributed by atoms with Gasteiger partial charge in [-0.25, -0.2) is 9.78 Å². The average molecular weight is 835 g/mol. The number of pyridine rings is 2. The number of carbonyl (C=O) groups is 6. The number of nitrogens with one attached hydrogen (secondary N) is 1.